The second-order valence-corrected chi connectivity index (χ2v) is 8.02. The van der Waals surface area contributed by atoms with E-state index in [0.717, 1.165) is 0 Å². The minimum absolute atomic E-state index is 0.0914. The largest absolute Gasteiger partial charge is 0.504 e. The van der Waals surface area contributed by atoms with Crippen LogP contribution in [0.2, 0.25) is 0 Å². The van der Waals surface area contributed by atoms with Crippen molar-refractivity contribution >= 4 is 24.0 Å². The first-order valence-electron chi connectivity index (χ1n) is 11.1. The van der Waals surface area contributed by atoms with Gasteiger partial charge in [-0.2, -0.15) is 10.5 Å². The van der Waals surface area contributed by atoms with Crippen molar-refractivity contribution in [1.29, 1.82) is 10.5 Å². The summed E-state index contributed by atoms with van der Waals surface area (Å²) >= 11 is 0. The highest BCUT2D eigenvalue weighted by atomic mass is 16.3. The van der Waals surface area contributed by atoms with Crippen molar-refractivity contribution in [3.63, 3.8) is 0 Å². The molecule has 0 aliphatic heterocycles. The number of hydrogen-bond donors (Lipinski definition) is 6. The normalized spacial score (nSPS) is 11.2. The molecule has 0 atom stereocenters. The number of nitriles is 2. The summed E-state index contributed by atoms with van der Waals surface area (Å²) in [5.74, 6) is -2.67. The third-order valence-corrected chi connectivity index (χ3v) is 5.25. The van der Waals surface area contributed by atoms with Crippen LogP contribution >= 0.6 is 0 Å². The highest BCUT2D eigenvalue weighted by molar-refractivity contribution is 6.02. The van der Waals surface area contributed by atoms with E-state index in [1.807, 2.05) is 0 Å². The Morgan fingerprint density at radius 1 is 0.658 bits per heavy atom. The second kappa shape index (κ2) is 12.3. The van der Waals surface area contributed by atoms with Gasteiger partial charge in [0.25, 0.3) is 11.8 Å². The number of amides is 2. The number of benzene rings is 3. The van der Waals surface area contributed by atoms with Crippen molar-refractivity contribution in [2.75, 3.05) is 0 Å². The van der Waals surface area contributed by atoms with E-state index in [2.05, 4.69) is 10.6 Å². The van der Waals surface area contributed by atoms with Crippen LogP contribution in [0.15, 0.2) is 71.8 Å². The molecule has 2 amide bonds. The number of hydrogen-bond acceptors (Lipinski definition) is 8. The molecule has 38 heavy (non-hydrogen) atoms. The minimum atomic E-state index is -0.636. The highest BCUT2D eigenvalue weighted by Gasteiger charge is 2.12. The Labute approximate surface area is 217 Å². The molecule has 0 spiro atoms. The van der Waals surface area contributed by atoms with Gasteiger partial charge in [0, 0.05) is 13.1 Å². The van der Waals surface area contributed by atoms with Gasteiger partial charge in [0.15, 0.2) is 23.0 Å². The van der Waals surface area contributed by atoms with Gasteiger partial charge in [-0.15, -0.1) is 0 Å². The van der Waals surface area contributed by atoms with Crippen LogP contribution in [0.4, 0.5) is 0 Å². The molecule has 0 aromatic heterocycles. The van der Waals surface area contributed by atoms with Crippen LogP contribution in [0.25, 0.3) is 12.2 Å². The number of carbonyl (C=O) groups is 2. The van der Waals surface area contributed by atoms with E-state index >= 15 is 0 Å². The van der Waals surface area contributed by atoms with Gasteiger partial charge in [-0.05, 0) is 58.7 Å². The molecule has 0 aliphatic rings. The zero-order chi connectivity index (χ0) is 27.7. The SMILES string of the molecule is N#CC(=Cc1ccc(O)c(O)c1)C(=O)NCc1cccc(CNC(=O)C(C#N)=Cc2ccc(O)c(O)c2)c1. The second-order valence-electron chi connectivity index (χ2n) is 8.02. The molecule has 0 saturated carbocycles. The Hall–Kier alpha value is -5.74. The predicted octanol–water partition coefficient (Wildman–Crippen LogP) is 2.96. The topological polar surface area (TPSA) is 187 Å². The van der Waals surface area contributed by atoms with Crippen molar-refractivity contribution in [3.05, 3.63) is 94.1 Å². The molecule has 0 fully saturated rings. The molecule has 0 bridgehead atoms. The average molecular weight is 511 g/mol. The third-order valence-electron chi connectivity index (χ3n) is 5.25. The molecule has 190 valence electrons. The van der Waals surface area contributed by atoms with E-state index < -0.39 is 11.8 Å². The molecule has 0 saturated heterocycles. The quantitative estimate of drug-likeness (QED) is 0.152. The van der Waals surface area contributed by atoms with Crippen LogP contribution in [-0.4, -0.2) is 32.2 Å². The van der Waals surface area contributed by atoms with Gasteiger partial charge < -0.3 is 31.1 Å². The van der Waals surface area contributed by atoms with Crippen molar-refractivity contribution in [2.24, 2.45) is 0 Å². The van der Waals surface area contributed by atoms with Crippen LogP contribution in [-0.2, 0) is 22.7 Å². The summed E-state index contributed by atoms with van der Waals surface area (Å²) < 4.78 is 0. The monoisotopic (exact) mass is 510 g/mol. The minimum Gasteiger partial charge on any atom is -0.504 e. The molecule has 0 heterocycles. The smallest absolute Gasteiger partial charge is 0.262 e. The van der Waals surface area contributed by atoms with Crippen LogP contribution in [0.1, 0.15) is 22.3 Å². The number of phenols is 4. The Bertz CT molecular complexity index is 1420. The lowest BCUT2D eigenvalue weighted by atomic mass is 10.1. The number of aromatic hydroxyl groups is 4. The van der Waals surface area contributed by atoms with Crippen LogP contribution < -0.4 is 10.6 Å². The Morgan fingerprint density at radius 3 is 1.45 bits per heavy atom. The molecule has 10 heteroatoms. The number of nitrogens with zero attached hydrogens (tertiary/aromatic N) is 2. The van der Waals surface area contributed by atoms with Gasteiger partial charge in [-0.25, -0.2) is 0 Å². The number of rotatable bonds is 8. The van der Waals surface area contributed by atoms with E-state index in [4.69, 9.17) is 0 Å². The van der Waals surface area contributed by atoms with Crippen molar-refractivity contribution in [3.8, 4) is 35.1 Å². The summed E-state index contributed by atoms with van der Waals surface area (Å²) in [6.07, 6.45) is 2.56. The Balaban J connectivity index is 1.61. The van der Waals surface area contributed by atoms with Crippen LogP contribution in [0.5, 0.6) is 23.0 Å². The van der Waals surface area contributed by atoms with E-state index in [-0.39, 0.29) is 47.2 Å². The molecular formula is C28H22N4O6. The number of phenolic OH excluding ortho intramolecular Hbond substituents is 4. The zero-order valence-electron chi connectivity index (χ0n) is 19.8. The van der Waals surface area contributed by atoms with Crippen molar-refractivity contribution < 1.29 is 30.0 Å². The van der Waals surface area contributed by atoms with Crippen molar-refractivity contribution in [2.45, 2.75) is 13.1 Å². The third kappa shape index (κ3) is 7.13. The maximum Gasteiger partial charge on any atom is 0.262 e. The molecule has 6 N–H and O–H groups in total. The van der Waals surface area contributed by atoms with E-state index in [1.165, 1.54) is 48.6 Å². The molecule has 3 aromatic carbocycles. The lowest BCUT2D eigenvalue weighted by Crippen LogP contribution is -2.25. The van der Waals surface area contributed by atoms with Gasteiger partial charge in [-0.3, -0.25) is 9.59 Å². The maximum atomic E-state index is 12.5. The standard InChI is InChI=1S/C28H22N4O6/c29-13-21(9-17-4-6-23(33)25(35)11-17)27(37)31-15-19-2-1-3-20(8-19)16-32-28(38)22(14-30)10-18-5-7-24(34)26(36)12-18/h1-12,33-36H,15-16H2,(H,31,37)(H,32,38). The first-order valence-corrected chi connectivity index (χ1v) is 11.1. The highest BCUT2D eigenvalue weighted by Crippen LogP contribution is 2.27. The fourth-order valence-electron chi connectivity index (χ4n) is 3.30. The maximum absolute atomic E-state index is 12.5. The summed E-state index contributed by atoms with van der Waals surface area (Å²) in [6.45, 7) is 0.183. The summed E-state index contributed by atoms with van der Waals surface area (Å²) in [5, 5.41) is 61.9. The van der Waals surface area contributed by atoms with E-state index in [0.29, 0.717) is 22.3 Å². The van der Waals surface area contributed by atoms with E-state index in [9.17, 15) is 40.5 Å². The van der Waals surface area contributed by atoms with Gasteiger partial charge in [0.05, 0.1) is 0 Å². The molecule has 0 aliphatic carbocycles. The first-order chi connectivity index (χ1) is 18.2. The van der Waals surface area contributed by atoms with Crippen LogP contribution in [0.3, 0.4) is 0 Å². The fraction of sp³-hybridized carbons (Fsp3) is 0.0714. The molecule has 0 unspecified atom stereocenters. The lowest BCUT2D eigenvalue weighted by molar-refractivity contribution is -0.118. The molecule has 0 radical (unpaired) electrons. The van der Waals surface area contributed by atoms with Crippen LogP contribution in [0, 0.1) is 22.7 Å². The zero-order valence-corrected chi connectivity index (χ0v) is 19.8. The fourth-order valence-corrected chi connectivity index (χ4v) is 3.30. The summed E-state index contributed by atoms with van der Waals surface area (Å²) in [4.78, 5) is 24.9. The first kappa shape index (κ1) is 26.9. The molecular weight excluding hydrogens is 488 g/mol. The van der Waals surface area contributed by atoms with Gasteiger partial charge in [-0.1, -0.05) is 36.4 Å². The summed E-state index contributed by atoms with van der Waals surface area (Å²) in [7, 11) is 0. The van der Waals surface area contributed by atoms with Gasteiger partial charge in [0.2, 0.25) is 0 Å². The van der Waals surface area contributed by atoms with Crippen molar-refractivity contribution in [1.82, 2.24) is 10.6 Å². The average Bonchev–Trinajstić information content (AvgIpc) is 2.91. The Morgan fingerprint density at radius 2 is 1.08 bits per heavy atom. The Kier molecular flexibility index (Phi) is 8.69. The summed E-state index contributed by atoms with van der Waals surface area (Å²) in [6, 6.07) is 18.4. The number of carbonyl (C=O) groups excluding carboxylic acids is 2. The lowest BCUT2D eigenvalue weighted by Gasteiger charge is -2.09. The summed E-state index contributed by atoms with van der Waals surface area (Å²) in [5.41, 5.74) is 1.71. The molecule has 10 nitrogen and oxygen atoms in total. The number of nitrogens with one attached hydrogen (secondary N) is 2. The van der Waals surface area contributed by atoms with Gasteiger partial charge in [0.1, 0.15) is 23.3 Å². The molecule has 3 rings (SSSR count). The van der Waals surface area contributed by atoms with E-state index in [1.54, 1.807) is 36.4 Å². The predicted molar refractivity (Wildman–Crippen MR) is 137 cm³/mol. The molecule has 3 aromatic rings. The van der Waals surface area contributed by atoms with Gasteiger partial charge >= 0.3 is 0 Å².